The maximum absolute atomic E-state index is 12.3. The van der Waals surface area contributed by atoms with Gasteiger partial charge in [-0.25, -0.2) is 9.59 Å². The summed E-state index contributed by atoms with van der Waals surface area (Å²) in [5, 5.41) is 5.37. The number of anilines is 2. The number of hydrogen-bond acceptors (Lipinski definition) is 6. The molecule has 3 amide bonds. The summed E-state index contributed by atoms with van der Waals surface area (Å²) in [6.07, 6.45) is 0.904. The third kappa shape index (κ3) is 6.07. The minimum Gasteiger partial charge on any atom is -0.465 e. The second-order valence-electron chi connectivity index (χ2n) is 7.25. The number of para-hydroxylation sites is 2. The van der Waals surface area contributed by atoms with E-state index < -0.39 is 24.5 Å². The highest BCUT2D eigenvalue weighted by atomic mass is 16.5. The van der Waals surface area contributed by atoms with Crippen LogP contribution in [0.5, 0.6) is 0 Å². The van der Waals surface area contributed by atoms with Crippen molar-refractivity contribution in [1.29, 1.82) is 0 Å². The van der Waals surface area contributed by atoms with Crippen molar-refractivity contribution in [3.05, 3.63) is 60.2 Å². The van der Waals surface area contributed by atoms with Gasteiger partial charge in [-0.1, -0.05) is 30.3 Å². The number of likely N-dealkylation sites (tertiary alicyclic amines) is 1. The summed E-state index contributed by atoms with van der Waals surface area (Å²) in [5.41, 5.74) is 1.19. The van der Waals surface area contributed by atoms with Crippen LogP contribution in [-0.4, -0.2) is 55.6 Å². The van der Waals surface area contributed by atoms with E-state index in [1.807, 2.05) is 18.2 Å². The number of urea groups is 1. The molecule has 9 heteroatoms. The van der Waals surface area contributed by atoms with Crippen LogP contribution in [0.4, 0.5) is 16.2 Å². The van der Waals surface area contributed by atoms with Gasteiger partial charge in [-0.3, -0.25) is 9.59 Å². The summed E-state index contributed by atoms with van der Waals surface area (Å²) < 4.78 is 9.83. The lowest BCUT2D eigenvalue weighted by atomic mass is 9.97. The van der Waals surface area contributed by atoms with Crippen molar-refractivity contribution in [2.75, 3.05) is 37.4 Å². The van der Waals surface area contributed by atoms with Crippen molar-refractivity contribution < 1.29 is 28.7 Å². The van der Waals surface area contributed by atoms with E-state index in [0.717, 1.165) is 0 Å². The van der Waals surface area contributed by atoms with Crippen LogP contribution < -0.4 is 10.6 Å². The molecule has 168 valence electrons. The van der Waals surface area contributed by atoms with Gasteiger partial charge >= 0.3 is 18.0 Å². The van der Waals surface area contributed by atoms with E-state index in [1.165, 1.54) is 13.2 Å². The molecule has 32 heavy (non-hydrogen) atoms. The Kier molecular flexibility index (Phi) is 7.80. The number of methoxy groups -OCH3 is 1. The number of hydrogen-bond donors (Lipinski definition) is 2. The van der Waals surface area contributed by atoms with Gasteiger partial charge in [0.25, 0.3) is 5.91 Å². The Bertz CT molecular complexity index is 971. The van der Waals surface area contributed by atoms with Gasteiger partial charge in [0, 0.05) is 18.8 Å². The number of esters is 2. The number of carbonyl (C=O) groups excluding carboxylic acids is 4. The minimum absolute atomic E-state index is 0.204. The number of nitrogens with zero attached hydrogens (tertiary/aromatic N) is 1. The topological polar surface area (TPSA) is 114 Å². The molecule has 0 saturated carbocycles. The molecular weight excluding hydrogens is 414 g/mol. The Hall–Kier alpha value is -3.88. The molecule has 3 rings (SSSR count). The largest absolute Gasteiger partial charge is 0.465 e. The molecule has 2 aromatic rings. The molecule has 0 unspecified atom stereocenters. The number of benzene rings is 2. The quantitative estimate of drug-likeness (QED) is 0.669. The second-order valence-corrected chi connectivity index (χ2v) is 7.25. The van der Waals surface area contributed by atoms with Gasteiger partial charge in [0.05, 0.1) is 24.3 Å². The third-order valence-electron chi connectivity index (χ3n) is 5.09. The van der Waals surface area contributed by atoms with Crippen LogP contribution in [0.15, 0.2) is 54.6 Å². The van der Waals surface area contributed by atoms with E-state index in [-0.39, 0.29) is 23.2 Å². The number of ether oxygens (including phenoxy) is 2. The lowest BCUT2D eigenvalue weighted by Crippen LogP contribution is -2.43. The van der Waals surface area contributed by atoms with E-state index in [4.69, 9.17) is 4.74 Å². The molecule has 0 radical (unpaired) electrons. The second kappa shape index (κ2) is 10.9. The monoisotopic (exact) mass is 439 g/mol. The van der Waals surface area contributed by atoms with E-state index >= 15 is 0 Å². The maximum Gasteiger partial charge on any atom is 0.339 e. The fraction of sp³-hybridized carbons (Fsp3) is 0.304. The molecule has 1 fully saturated rings. The molecule has 0 bridgehead atoms. The molecule has 2 N–H and O–H groups in total. The number of carbonyl (C=O) groups is 4. The summed E-state index contributed by atoms with van der Waals surface area (Å²) in [7, 11) is 1.25. The van der Waals surface area contributed by atoms with Crippen LogP contribution >= 0.6 is 0 Å². The average Bonchev–Trinajstić information content (AvgIpc) is 2.83. The highest BCUT2D eigenvalue weighted by Gasteiger charge is 2.29. The smallest absolute Gasteiger partial charge is 0.339 e. The van der Waals surface area contributed by atoms with Gasteiger partial charge < -0.3 is 25.0 Å². The SMILES string of the molecule is COC(=O)c1ccccc1NC(=O)COC(=O)C1CCN(C(=O)Nc2ccccc2)CC1. The zero-order valence-electron chi connectivity index (χ0n) is 17.7. The van der Waals surface area contributed by atoms with Crippen LogP contribution in [0.3, 0.4) is 0 Å². The van der Waals surface area contributed by atoms with Crippen molar-refractivity contribution in [2.24, 2.45) is 5.92 Å². The molecule has 0 spiro atoms. The van der Waals surface area contributed by atoms with Crippen LogP contribution in [0.1, 0.15) is 23.2 Å². The summed E-state index contributed by atoms with van der Waals surface area (Å²) in [4.78, 5) is 50.3. The summed E-state index contributed by atoms with van der Waals surface area (Å²) in [6, 6.07) is 15.3. The Labute approximate surface area is 185 Å². The van der Waals surface area contributed by atoms with Gasteiger partial charge in [-0.05, 0) is 37.1 Å². The highest BCUT2D eigenvalue weighted by molar-refractivity contribution is 6.01. The van der Waals surface area contributed by atoms with E-state index in [1.54, 1.807) is 35.2 Å². The molecule has 0 aromatic heterocycles. The van der Waals surface area contributed by atoms with E-state index in [9.17, 15) is 19.2 Å². The minimum atomic E-state index is -0.582. The Morgan fingerprint density at radius 1 is 0.938 bits per heavy atom. The van der Waals surface area contributed by atoms with Crippen LogP contribution in [0.2, 0.25) is 0 Å². The fourth-order valence-electron chi connectivity index (χ4n) is 3.36. The Balaban J connectivity index is 1.43. The van der Waals surface area contributed by atoms with Crippen molar-refractivity contribution in [2.45, 2.75) is 12.8 Å². The number of amides is 3. The number of rotatable bonds is 6. The van der Waals surface area contributed by atoms with Gasteiger partial charge in [-0.15, -0.1) is 0 Å². The zero-order chi connectivity index (χ0) is 22.9. The van der Waals surface area contributed by atoms with Crippen molar-refractivity contribution in [3.8, 4) is 0 Å². The number of nitrogens with one attached hydrogen (secondary N) is 2. The summed E-state index contributed by atoms with van der Waals surface area (Å²) in [6.45, 7) is 0.358. The van der Waals surface area contributed by atoms with Crippen LogP contribution in [0.25, 0.3) is 0 Å². The first-order valence-electron chi connectivity index (χ1n) is 10.2. The van der Waals surface area contributed by atoms with Crippen molar-refractivity contribution in [3.63, 3.8) is 0 Å². The lowest BCUT2D eigenvalue weighted by Gasteiger charge is -2.30. The van der Waals surface area contributed by atoms with Gasteiger partial charge in [0.1, 0.15) is 0 Å². The standard InChI is InChI=1S/C23H25N3O6/c1-31-22(29)18-9-5-6-10-19(18)25-20(27)15-32-21(28)16-11-13-26(14-12-16)23(30)24-17-7-3-2-4-8-17/h2-10,16H,11-15H2,1H3,(H,24,30)(H,25,27). The highest BCUT2D eigenvalue weighted by Crippen LogP contribution is 2.20. The first kappa shape index (κ1) is 22.8. The normalized spacial score (nSPS) is 13.7. The van der Waals surface area contributed by atoms with Crippen molar-refractivity contribution in [1.82, 2.24) is 4.90 Å². The molecule has 2 aromatic carbocycles. The predicted octanol–water partition coefficient (Wildman–Crippen LogP) is 2.90. The van der Waals surface area contributed by atoms with E-state index in [0.29, 0.717) is 31.6 Å². The lowest BCUT2D eigenvalue weighted by molar-refractivity contribution is -0.152. The van der Waals surface area contributed by atoms with Gasteiger partial charge in [-0.2, -0.15) is 0 Å². The molecule has 0 aliphatic carbocycles. The predicted molar refractivity (Wildman–Crippen MR) is 117 cm³/mol. The molecule has 1 aliphatic rings. The fourth-order valence-corrected chi connectivity index (χ4v) is 3.36. The van der Waals surface area contributed by atoms with Crippen LogP contribution in [0, 0.1) is 5.92 Å². The molecule has 9 nitrogen and oxygen atoms in total. The molecule has 1 aliphatic heterocycles. The van der Waals surface area contributed by atoms with E-state index in [2.05, 4.69) is 15.4 Å². The Morgan fingerprint density at radius 2 is 1.59 bits per heavy atom. The zero-order valence-corrected chi connectivity index (χ0v) is 17.7. The molecular formula is C23H25N3O6. The molecule has 1 saturated heterocycles. The van der Waals surface area contributed by atoms with Gasteiger partial charge in [0.15, 0.2) is 6.61 Å². The average molecular weight is 439 g/mol. The van der Waals surface area contributed by atoms with Crippen LogP contribution in [-0.2, 0) is 19.1 Å². The first-order valence-corrected chi connectivity index (χ1v) is 10.2. The maximum atomic E-state index is 12.3. The molecule has 0 atom stereocenters. The van der Waals surface area contributed by atoms with Gasteiger partial charge in [0.2, 0.25) is 0 Å². The summed E-state index contributed by atoms with van der Waals surface area (Å²) in [5.74, 6) is -2.01. The Morgan fingerprint density at radius 3 is 2.28 bits per heavy atom. The number of piperidine rings is 1. The third-order valence-corrected chi connectivity index (χ3v) is 5.09. The van der Waals surface area contributed by atoms with Crippen molar-refractivity contribution >= 4 is 35.3 Å². The summed E-state index contributed by atoms with van der Waals surface area (Å²) >= 11 is 0. The molecule has 1 heterocycles. The first-order chi connectivity index (χ1) is 15.5.